The van der Waals surface area contributed by atoms with E-state index in [1.54, 1.807) is 29.0 Å². The summed E-state index contributed by atoms with van der Waals surface area (Å²) in [6, 6.07) is 4.71. The predicted molar refractivity (Wildman–Crippen MR) is 80.3 cm³/mol. The highest BCUT2D eigenvalue weighted by Gasteiger charge is 2.26. The van der Waals surface area contributed by atoms with Gasteiger partial charge in [-0.2, -0.15) is 0 Å². The van der Waals surface area contributed by atoms with Crippen molar-refractivity contribution in [3.8, 4) is 0 Å². The van der Waals surface area contributed by atoms with Gasteiger partial charge < -0.3 is 15.1 Å². The van der Waals surface area contributed by atoms with Crippen molar-refractivity contribution in [2.75, 3.05) is 32.0 Å². The van der Waals surface area contributed by atoms with E-state index in [9.17, 15) is 14.9 Å². The molecule has 1 aromatic carbocycles. The maximum atomic E-state index is 12.0. The summed E-state index contributed by atoms with van der Waals surface area (Å²) in [4.78, 5) is 25.8. The molecule has 0 radical (unpaired) electrons. The highest BCUT2D eigenvalue weighted by Crippen LogP contribution is 2.25. The molecule has 1 heterocycles. The van der Waals surface area contributed by atoms with Crippen LogP contribution in [0, 0.1) is 10.1 Å². The van der Waals surface area contributed by atoms with Gasteiger partial charge in [0.1, 0.15) is 0 Å². The summed E-state index contributed by atoms with van der Waals surface area (Å²) in [5, 5.41) is 14.2. The van der Waals surface area contributed by atoms with Crippen molar-refractivity contribution in [2.24, 2.45) is 0 Å². The van der Waals surface area contributed by atoms with E-state index in [2.05, 4.69) is 12.2 Å². The van der Waals surface area contributed by atoms with E-state index in [0.717, 1.165) is 24.2 Å². The Morgan fingerprint density at radius 2 is 2.14 bits per heavy atom. The Kier molecular flexibility index (Phi) is 4.62. The smallest absolute Gasteiger partial charge is 0.320 e. The molecule has 0 bridgehead atoms. The summed E-state index contributed by atoms with van der Waals surface area (Å²) in [5.41, 5.74) is 1.68. The van der Waals surface area contributed by atoms with Crippen molar-refractivity contribution in [1.82, 2.24) is 9.80 Å². The topological polar surface area (TPSA) is 78.7 Å². The summed E-state index contributed by atoms with van der Waals surface area (Å²) >= 11 is 0. The molecule has 1 saturated heterocycles. The summed E-state index contributed by atoms with van der Waals surface area (Å²) in [6.45, 7) is 4.56. The number of hydrogen-bond acceptors (Lipinski definition) is 4. The third-order valence-corrected chi connectivity index (χ3v) is 3.53. The molecule has 1 fully saturated rings. The molecular weight excluding hydrogens is 272 g/mol. The lowest BCUT2D eigenvalue weighted by atomic mass is 10.1. The Morgan fingerprint density at radius 3 is 2.71 bits per heavy atom. The Balaban J connectivity index is 2.23. The molecule has 1 aliphatic heterocycles. The number of anilines is 1. The Morgan fingerprint density at radius 1 is 1.38 bits per heavy atom. The molecule has 7 nitrogen and oxygen atoms in total. The van der Waals surface area contributed by atoms with Crippen molar-refractivity contribution >= 4 is 17.4 Å². The third-order valence-electron chi connectivity index (χ3n) is 3.53. The fraction of sp³-hybridized carbons (Fsp3) is 0.500. The highest BCUT2D eigenvalue weighted by molar-refractivity contribution is 5.76. The molecular formula is C14H20N4O3. The molecule has 0 saturated carbocycles. The minimum atomic E-state index is -0.412. The maximum absolute atomic E-state index is 12.0. The van der Waals surface area contributed by atoms with Gasteiger partial charge in [0.05, 0.1) is 4.92 Å². The number of urea groups is 1. The summed E-state index contributed by atoms with van der Waals surface area (Å²) in [5.74, 6) is 0. The lowest BCUT2D eigenvalue weighted by Gasteiger charge is -2.18. The van der Waals surface area contributed by atoms with Crippen LogP contribution in [0.25, 0.3) is 0 Å². The second-order valence-electron chi connectivity index (χ2n) is 5.15. The van der Waals surface area contributed by atoms with E-state index >= 15 is 0 Å². The van der Waals surface area contributed by atoms with Gasteiger partial charge in [0, 0.05) is 56.6 Å². The number of likely N-dealkylation sites (N-methyl/N-ethyl adjacent to an activating group) is 1. The van der Waals surface area contributed by atoms with Crippen LogP contribution >= 0.6 is 0 Å². The van der Waals surface area contributed by atoms with E-state index < -0.39 is 4.92 Å². The SMILES string of the molecule is CCCNc1ccc([N+](=O)[O-])cc1CN1CCN(C)C1=O. The molecule has 114 valence electrons. The minimum Gasteiger partial charge on any atom is -0.385 e. The van der Waals surface area contributed by atoms with E-state index in [1.165, 1.54) is 6.07 Å². The molecule has 0 atom stereocenters. The molecule has 0 unspecified atom stereocenters. The van der Waals surface area contributed by atoms with Crippen LogP contribution < -0.4 is 5.32 Å². The van der Waals surface area contributed by atoms with Gasteiger partial charge in [-0.25, -0.2) is 4.79 Å². The van der Waals surface area contributed by atoms with Crippen LogP contribution in [0.1, 0.15) is 18.9 Å². The number of benzene rings is 1. The quantitative estimate of drug-likeness (QED) is 0.644. The van der Waals surface area contributed by atoms with Crippen molar-refractivity contribution in [3.05, 3.63) is 33.9 Å². The molecule has 0 aliphatic carbocycles. The number of non-ortho nitro benzene ring substituents is 1. The zero-order valence-electron chi connectivity index (χ0n) is 12.3. The lowest BCUT2D eigenvalue weighted by Crippen LogP contribution is -2.29. The molecule has 21 heavy (non-hydrogen) atoms. The molecule has 0 aromatic heterocycles. The zero-order valence-corrected chi connectivity index (χ0v) is 12.3. The first-order valence-corrected chi connectivity index (χ1v) is 7.04. The minimum absolute atomic E-state index is 0.0389. The van der Waals surface area contributed by atoms with Crippen LogP contribution in [-0.2, 0) is 6.54 Å². The number of amides is 2. The Labute approximate surface area is 123 Å². The van der Waals surface area contributed by atoms with Crippen LogP contribution in [-0.4, -0.2) is 47.4 Å². The largest absolute Gasteiger partial charge is 0.385 e. The van der Waals surface area contributed by atoms with E-state index in [-0.39, 0.29) is 11.7 Å². The molecule has 1 N–H and O–H groups in total. The van der Waals surface area contributed by atoms with Gasteiger partial charge in [0.15, 0.2) is 0 Å². The fourth-order valence-electron chi connectivity index (χ4n) is 2.31. The van der Waals surface area contributed by atoms with E-state index in [0.29, 0.717) is 19.6 Å². The molecule has 2 rings (SSSR count). The molecule has 1 aliphatic rings. The summed E-state index contributed by atoms with van der Waals surface area (Å²) in [7, 11) is 1.76. The van der Waals surface area contributed by atoms with Crippen LogP contribution in [0.3, 0.4) is 0 Å². The Hall–Kier alpha value is -2.31. The second kappa shape index (κ2) is 6.43. The van der Waals surface area contributed by atoms with Gasteiger partial charge in [-0.3, -0.25) is 10.1 Å². The second-order valence-corrected chi connectivity index (χ2v) is 5.15. The Bertz CT molecular complexity index is 547. The molecule has 0 spiro atoms. The van der Waals surface area contributed by atoms with Gasteiger partial charge in [0.2, 0.25) is 0 Å². The number of carbonyl (C=O) groups excluding carboxylic acids is 1. The average molecular weight is 292 g/mol. The van der Waals surface area contributed by atoms with Crippen LogP contribution in [0.2, 0.25) is 0 Å². The molecule has 1 aromatic rings. The number of nitro groups is 1. The average Bonchev–Trinajstić information content (AvgIpc) is 2.77. The van der Waals surface area contributed by atoms with E-state index in [1.807, 2.05) is 0 Å². The third kappa shape index (κ3) is 3.42. The van der Waals surface area contributed by atoms with Crippen molar-refractivity contribution in [2.45, 2.75) is 19.9 Å². The zero-order chi connectivity index (χ0) is 15.4. The van der Waals surface area contributed by atoms with Gasteiger partial charge >= 0.3 is 6.03 Å². The monoisotopic (exact) mass is 292 g/mol. The van der Waals surface area contributed by atoms with Gasteiger partial charge in [-0.1, -0.05) is 6.92 Å². The number of carbonyl (C=O) groups is 1. The summed E-state index contributed by atoms with van der Waals surface area (Å²) < 4.78 is 0. The standard InChI is InChI=1S/C14H20N4O3/c1-3-6-15-13-5-4-12(18(20)21)9-11(13)10-17-8-7-16(2)14(17)19/h4-5,9,15H,3,6-8,10H2,1-2H3. The number of nitrogens with one attached hydrogen (secondary N) is 1. The van der Waals surface area contributed by atoms with Crippen molar-refractivity contribution < 1.29 is 9.72 Å². The number of rotatable bonds is 6. The maximum Gasteiger partial charge on any atom is 0.320 e. The first-order chi connectivity index (χ1) is 10.0. The molecule has 2 amide bonds. The van der Waals surface area contributed by atoms with Crippen LogP contribution in [0.4, 0.5) is 16.2 Å². The van der Waals surface area contributed by atoms with Crippen molar-refractivity contribution in [3.63, 3.8) is 0 Å². The highest BCUT2D eigenvalue weighted by atomic mass is 16.6. The van der Waals surface area contributed by atoms with Gasteiger partial charge in [-0.15, -0.1) is 0 Å². The lowest BCUT2D eigenvalue weighted by molar-refractivity contribution is -0.384. The fourth-order valence-corrected chi connectivity index (χ4v) is 2.31. The van der Waals surface area contributed by atoms with Gasteiger partial charge in [0.25, 0.3) is 5.69 Å². The predicted octanol–water partition coefficient (Wildman–Crippen LogP) is 2.28. The first-order valence-electron chi connectivity index (χ1n) is 7.04. The van der Waals surface area contributed by atoms with Crippen LogP contribution in [0.15, 0.2) is 18.2 Å². The first kappa shape index (κ1) is 15.1. The normalized spacial score (nSPS) is 14.7. The number of nitrogens with zero attached hydrogens (tertiary/aromatic N) is 3. The van der Waals surface area contributed by atoms with Crippen molar-refractivity contribution in [1.29, 1.82) is 0 Å². The summed E-state index contributed by atoms with van der Waals surface area (Å²) in [6.07, 6.45) is 0.960. The molecule has 7 heteroatoms. The number of hydrogen-bond donors (Lipinski definition) is 1. The van der Waals surface area contributed by atoms with Crippen LogP contribution in [0.5, 0.6) is 0 Å². The van der Waals surface area contributed by atoms with Gasteiger partial charge in [-0.05, 0) is 12.5 Å². The number of nitro benzene ring substituents is 1. The van der Waals surface area contributed by atoms with E-state index in [4.69, 9.17) is 0 Å².